The molecule has 1 aliphatic heterocycles. The molecule has 1 aliphatic rings. The molecule has 0 bridgehead atoms. The van der Waals surface area contributed by atoms with E-state index >= 15 is 0 Å². The highest BCUT2D eigenvalue weighted by atomic mass is 16.5. The minimum atomic E-state index is -0.437. The van der Waals surface area contributed by atoms with Crippen molar-refractivity contribution in [1.82, 2.24) is 15.4 Å². The molecule has 1 aromatic heterocycles. The maximum atomic E-state index is 11.5. The molecule has 6 nitrogen and oxygen atoms in total. The SMILES string of the molecule is CN1C(=O)CC(NCc2ccno2)C1=O. The van der Waals surface area contributed by atoms with Gasteiger partial charge in [0.05, 0.1) is 25.2 Å². The number of amides is 2. The molecule has 15 heavy (non-hydrogen) atoms. The molecule has 1 saturated heterocycles. The van der Waals surface area contributed by atoms with Crippen molar-refractivity contribution in [2.45, 2.75) is 19.0 Å². The summed E-state index contributed by atoms with van der Waals surface area (Å²) in [7, 11) is 1.49. The largest absolute Gasteiger partial charge is 0.360 e. The molecular weight excluding hydrogens is 198 g/mol. The summed E-state index contributed by atoms with van der Waals surface area (Å²) in [5.74, 6) is 0.291. The highest BCUT2D eigenvalue weighted by Crippen LogP contribution is 2.11. The molecule has 0 radical (unpaired) electrons. The van der Waals surface area contributed by atoms with Crippen molar-refractivity contribution in [3.8, 4) is 0 Å². The minimum absolute atomic E-state index is 0.157. The molecule has 0 aliphatic carbocycles. The van der Waals surface area contributed by atoms with E-state index in [-0.39, 0.29) is 18.2 Å². The van der Waals surface area contributed by atoms with E-state index in [1.807, 2.05) is 0 Å². The van der Waals surface area contributed by atoms with Crippen molar-refractivity contribution < 1.29 is 14.1 Å². The minimum Gasteiger partial charge on any atom is -0.360 e. The molecule has 2 amide bonds. The Labute approximate surface area is 86.2 Å². The molecule has 80 valence electrons. The molecule has 0 saturated carbocycles. The van der Waals surface area contributed by atoms with Gasteiger partial charge < -0.3 is 4.52 Å². The van der Waals surface area contributed by atoms with Crippen LogP contribution in [0.1, 0.15) is 12.2 Å². The van der Waals surface area contributed by atoms with Crippen molar-refractivity contribution in [2.24, 2.45) is 0 Å². The highest BCUT2D eigenvalue weighted by Gasteiger charge is 2.35. The highest BCUT2D eigenvalue weighted by molar-refractivity contribution is 6.05. The van der Waals surface area contributed by atoms with E-state index in [1.54, 1.807) is 6.07 Å². The van der Waals surface area contributed by atoms with Gasteiger partial charge in [0, 0.05) is 13.1 Å². The lowest BCUT2D eigenvalue weighted by molar-refractivity contribution is -0.137. The quantitative estimate of drug-likeness (QED) is 0.680. The molecule has 1 aromatic rings. The van der Waals surface area contributed by atoms with Crippen molar-refractivity contribution in [3.63, 3.8) is 0 Å². The normalized spacial score (nSPS) is 21.4. The summed E-state index contributed by atoms with van der Waals surface area (Å²) in [6.07, 6.45) is 1.74. The van der Waals surface area contributed by atoms with Gasteiger partial charge in [-0.1, -0.05) is 5.16 Å². The maximum Gasteiger partial charge on any atom is 0.246 e. The first kappa shape index (κ1) is 9.85. The maximum absolute atomic E-state index is 11.5. The lowest BCUT2D eigenvalue weighted by Gasteiger charge is -2.08. The van der Waals surface area contributed by atoms with E-state index in [0.717, 1.165) is 4.90 Å². The molecule has 6 heteroatoms. The van der Waals surface area contributed by atoms with Gasteiger partial charge in [-0.3, -0.25) is 19.8 Å². The second-order valence-corrected chi connectivity index (χ2v) is 3.41. The van der Waals surface area contributed by atoms with E-state index in [2.05, 4.69) is 10.5 Å². The molecule has 2 rings (SSSR count). The van der Waals surface area contributed by atoms with Crippen LogP contribution in [0, 0.1) is 0 Å². The molecule has 0 aromatic carbocycles. The van der Waals surface area contributed by atoms with Crippen molar-refractivity contribution in [3.05, 3.63) is 18.0 Å². The van der Waals surface area contributed by atoms with Crippen molar-refractivity contribution in [1.29, 1.82) is 0 Å². The van der Waals surface area contributed by atoms with Gasteiger partial charge in [-0.2, -0.15) is 0 Å². The number of likely N-dealkylation sites (N-methyl/N-ethyl adjacent to an activating group) is 1. The van der Waals surface area contributed by atoms with Crippen molar-refractivity contribution >= 4 is 11.8 Å². The summed E-state index contributed by atoms with van der Waals surface area (Å²) < 4.78 is 4.86. The van der Waals surface area contributed by atoms with E-state index in [0.29, 0.717) is 12.3 Å². The zero-order valence-corrected chi connectivity index (χ0v) is 8.27. The number of imide groups is 1. The zero-order valence-electron chi connectivity index (χ0n) is 8.27. The van der Waals surface area contributed by atoms with Gasteiger partial charge in [0.1, 0.15) is 5.76 Å². The Morgan fingerprint density at radius 3 is 3.00 bits per heavy atom. The first-order chi connectivity index (χ1) is 7.18. The standard InChI is InChI=1S/C9H11N3O3/c1-12-8(13)4-7(9(12)14)10-5-6-2-3-11-15-6/h2-3,7,10H,4-5H2,1H3. The number of likely N-dealkylation sites (tertiary alicyclic amines) is 1. The first-order valence-corrected chi connectivity index (χ1v) is 4.62. The third kappa shape index (κ3) is 1.89. The Morgan fingerprint density at radius 2 is 2.47 bits per heavy atom. The van der Waals surface area contributed by atoms with Crippen LogP contribution in [0.5, 0.6) is 0 Å². The van der Waals surface area contributed by atoms with Crippen LogP contribution >= 0.6 is 0 Å². The first-order valence-electron chi connectivity index (χ1n) is 4.62. The van der Waals surface area contributed by atoms with Gasteiger partial charge in [0.15, 0.2) is 0 Å². The summed E-state index contributed by atoms with van der Waals surface area (Å²) in [5.41, 5.74) is 0. The van der Waals surface area contributed by atoms with Gasteiger partial charge in [0.2, 0.25) is 11.8 Å². The molecule has 1 unspecified atom stereocenters. The van der Waals surface area contributed by atoms with Crippen LogP contribution in [0.2, 0.25) is 0 Å². The van der Waals surface area contributed by atoms with Crippen molar-refractivity contribution in [2.75, 3.05) is 7.05 Å². The van der Waals surface area contributed by atoms with E-state index in [9.17, 15) is 9.59 Å². The number of hydrogen-bond donors (Lipinski definition) is 1. The van der Waals surface area contributed by atoms with E-state index in [4.69, 9.17) is 4.52 Å². The lowest BCUT2D eigenvalue weighted by Crippen LogP contribution is -2.36. The smallest absolute Gasteiger partial charge is 0.246 e. The fraction of sp³-hybridized carbons (Fsp3) is 0.444. The molecular formula is C9H11N3O3. The molecule has 2 heterocycles. The number of nitrogens with one attached hydrogen (secondary N) is 1. The summed E-state index contributed by atoms with van der Waals surface area (Å²) in [4.78, 5) is 23.8. The Kier molecular flexibility index (Phi) is 2.51. The lowest BCUT2D eigenvalue weighted by atomic mass is 10.2. The topological polar surface area (TPSA) is 75.4 Å². The monoisotopic (exact) mass is 209 g/mol. The van der Waals surface area contributed by atoms with Crippen LogP contribution in [0.3, 0.4) is 0 Å². The second kappa shape index (κ2) is 3.82. The molecule has 1 N–H and O–H groups in total. The number of nitrogens with zero attached hydrogens (tertiary/aromatic N) is 2. The predicted octanol–water partition coefficient (Wildman–Crippen LogP) is -0.479. The summed E-state index contributed by atoms with van der Waals surface area (Å²) in [6.45, 7) is 0.400. The van der Waals surface area contributed by atoms with Crippen LogP contribution in [0.25, 0.3) is 0 Å². The van der Waals surface area contributed by atoms with Gasteiger partial charge in [-0.25, -0.2) is 0 Å². The van der Waals surface area contributed by atoms with Crippen LogP contribution in [-0.4, -0.2) is 35.0 Å². The second-order valence-electron chi connectivity index (χ2n) is 3.41. The number of hydrogen-bond acceptors (Lipinski definition) is 5. The van der Waals surface area contributed by atoms with Crippen LogP contribution in [0.4, 0.5) is 0 Å². The summed E-state index contributed by atoms with van der Waals surface area (Å²) in [6, 6.07) is 1.27. The third-order valence-corrected chi connectivity index (χ3v) is 2.40. The average molecular weight is 209 g/mol. The molecule has 1 fully saturated rings. The number of aromatic nitrogens is 1. The average Bonchev–Trinajstić information content (AvgIpc) is 2.80. The Morgan fingerprint density at radius 1 is 1.67 bits per heavy atom. The number of carbonyl (C=O) groups excluding carboxylic acids is 2. The number of rotatable bonds is 3. The Balaban J connectivity index is 1.91. The van der Waals surface area contributed by atoms with E-state index < -0.39 is 6.04 Å². The van der Waals surface area contributed by atoms with Crippen LogP contribution in [0.15, 0.2) is 16.8 Å². The predicted molar refractivity (Wildman–Crippen MR) is 49.5 cm³/mol. The molecule has 0 spiro atoms. The fourth-order valence-corrected chi connectivity index (χ4v) is 1.47. The Hall–Kier alpha value is -1.69. The fourth-order valence-electron chi connectivity index (χ4n) is 1.47. The summed E-state index contributed by atoms with van der Waals surface area (Å²) >= 11 is 0. The zero-order chi connectivity index (χ0) is 10.8. The van der Waals surface area contributed by atoms with Crippen LogP contribution in [-0.2, 0) is 16.1 Å². The van der Waals surface area contributed by atoms with Gasteiger partial charge >= 0.3 is 0 Å². The van der Waals surface area contributed by atoms with Gasteiger partial charge in [0.25, 0.3) is 0 Å². The Bertz CT molecular complexity index is 374. The third-order valence-electron chi connectivity index (χ3n) is 2.40. The van der Waals surface area contributed by atoms with Crippen LogP contribution < -0.4 is 5.32 Å². The van der Waals surface area contributed by atoms with E-state index in [1.165, 1.54) is 13.2 Å². The summed E-state index contributed by atoms with van der Waals surface area (Å²) in [5, 5.41) is 6.49. The van der Waals surface area contributed by atoms with Gasteiger partial charge in [-0.15, -0.1) is 0 Å². The van der Waals surface area contributed by atoms with Gasteiger partial charge in [-0.05, 0) is 0 Å². The number of carbonyl (C=O) groups is 2. The molecule has 1 atom stereocenters.